The second kappa shape index (κ2) is 4.58. The molecule has 1 heterocycles. The summed E-state index contributed by atoms with van der Waals surface area (Å²) in [4.78, 5) is 0. The molecule has 17 heavy (non-hydrogen) atoms. The molecule has 90 valence electrons. The molecule has 1 aromatic heterocycles. The van der Waals surface area contributed by atoms with E-state index in [-0.39, 0.29) is 17.5 Å². The molecule has 3 N–H and O–H groups in total. The third-order valence-corrected chi connectivity index (χ3v) is 3.11. The van der Waals surface area contributed by atoms with Gasteiger partial charge in [0.2, 0.25) is 5.13 Å². The topological polar surface area (TPSA) is 78.3 Å². The average Bonchev–Trinajstić information content (AvgIpc) is 2.67. The molecule has 2 rings (SSSR count). The van der Waals surface area contributed by atoms with E-state index in [9.17, 15) is 10.2 Å². The van der Waals surface area contributed by atoms with Crippen molar-refractivity contribution in [2.45, 2.75) is 19.9 Å². The molecule has 0 saturated carbocycles. The second-order valence-electron chi connectivity index (χ2n) is 3.74. The van der Waals surface area contributed by atoms with Gasteiger partial charge in [-0.05, 0) is 32.0 Å². The largest absolute Gasteiger partial charge is 0.508 e. The highest BCUT2D eigenvalue weighted by Crippen LogP contribution is 2.30. The van der Waals surface area contributed by atoms with Crippen LogP contribution >= 0.6 is 11.3 Å². The van der Waals surface area contributed by atoms with Crippen LogP contribution in [0.2, 0.25) is 0 Å². The zero-order valence-corrected chi connectivity index (χ0v) is 10.3. The van der Waals surface area contributed by atoms with Gasteiger partial charge in [-0.15, -0.1) is 10.2 Å². The lowest BCUT2D eigenvalue weighted by atomic mass is 10.1. The minimum absolute atomic E-state index is 0.125. The molecule has 0 bridgehead atoms. The number of phenolic OH excluding ortho intramolecular Hbond substituents is 2. The lowest BCUT2D eigenvalue weighted by molar-refractivity contribution is 0.451. The summed E-state index contributed by atoms with van der Waals surface area (Å²) in [5.74, 6) is 0.268. The lowest BCUT2D eigenvalue weighted by Crippen LogP contribution is -2.06. The van der Waals surface area contributed by atoms with Gasteiger partial charge in [0, 0.05) is 5.56 Å². The number of rotatable bonds is 3. The molecule has 1 atom stereocenters. The minimum Gasteiger partial charge on any atom is -0.508 e. The van der Waals surface area contributed by atoms with Gasteiger partial charge in [0.25, 0.3) is 0 Å². The molecule has 0 saturated heterocycles. The molecule has 1 aromatic carbocycles. The van der Waals surface area contributed by atoms with E-state index in [2.05, 4.69) is 15.5 Å². The Labute approximate surface area is 103 Å². The van der Waals surface area contributed by atoms with Gasteiger partial charge >= 0.3 is 0 Å². The van der Waals surface area contributed by atoms with E-state index in [0.717, 1.165) is 5.01 Å². The zero-order valence-electron chi connectivity index (χ0n) is 9.51. The van der Waals surface area contributed by atoms with Gasteiger partial charge in [-0.3, -0.25) is 0 Å². The van der Waals surface area contributed by atoms with Crippen LogP contribution < -0.4 is 5.32 Å². The van der Waals surface area contributed by atoms with Gasteiger partial charge < -0.3 is 15.5 Å². The fourth-order valence-corrected chi connectivity index (χ4v) is 2.19. The third-order valence-electron chi connectivity index (χ3n) is 2.34. The van der Waals surface area contributed by atoms with E-state index in [0.29, 0.717) is 10.7 Å². The van der Waals surface area contributed by atoms with E-state index in [4.69, 9.17) is 0 Å². The maximum atomic E-state index is 9.70. The summed E-state index contributed by atoms with van der Waals surface area (Å²) < 4.78 is 0. The lowest BCUT2D eigenvalue weighted by Gasteiger charge is -2.14. The number of benzene rings is 1. The van der Waals surface area contributed by atoms with Crippen LogP contribution in [0.1, 0.15) is 23.5 Å². The summed E-state index contributed by atoms with van der Waals surface area (Å²) in [5, 5.41) is 31.6. The summed E-state index contributed by atoms with van der Waals surface area (Å²) in [6.45, 7) is 3.75. The second-order valence-corrected chi connectivity index (χ2v) is 4.92. The SMILES string of the molecule is Cc1nnc(NC(C)c2cc(O)ccc2O)s1. The van der Waals surface area contributed by atoms with E-state index >= 15 is 0 Å². The van der Waals surface area contributed by atoms with Gasteiger partial charge in [0.05, 0.1) is 6.04 Å². The Morgan fingerprint density at radius 3 is 2.71 bits per heavy atom. The molecule has 5 nitrogen and oxygen atoms in total. The summed E-state index contributed by atoms with van der Waals surface area (Å²) in [6, 6.07) is 4.28. The summed E-state index contributed by atoms with van der Waals surface area (Å²) in [7, 11) is 0. The van der Waals surface area contributed by atoms with E-state index in [1.165, 1.54) is 29.5 Å². The van der Waals surface area contributed by atoms with E-state index in [1.807, 2.05) is 13.8 Å². The van der Waals surface area contributed by atoms with Crippen molar-refractivity contribution in [2.24, 2.45) is 0 Å². The van der Waals surface area contributed by atoms with Gasteiger partial charge in [0.15, 0.2) is 0 Å². The van der Waals surface area contributed by atoms with Crippen molar-refractivity contribution in [3.05, 3.63) is 28.8 Å². The first-order valence-electron chi connectivity index (χ1n) is 5.15. The van der Waals surface area contributed by atoms with Crippen molar-refractivity contribution in [2.75, 3.05) is 5.32 Å². The van der Waals surface area contributed by atoms with Gasteiger partial charge in [-0.2, -0.15) is 0 Å². The standard InChI is InChI=1S/C11H13N3O2S/c1-6(12-11-14-13-7(2)17-11)9-5-8(15)3-4-10(9)16/h3-6,15-16H,1-2H3,(H,12,14). The summed E-state index contributed by atoms with van der Waals surface area (Å²) in [6.07, 6.45) is 0. The normalized spacial score (nSPS) is 12.4. The molecule has 0 aliphatic carbocycles. The number of hydrogen-bond acceptors (Lipinski definition) is 6. The van der Waals surface area contributed by atoms with Gasteiger partial charge in [-0.25, -0.2) is 0 Å². The quantitative estimate of drug-likeness (QED) is 0.730. The van der Waals surface area contributed by atoms with Crippen LogP contribution in [0.25, 0.3) is 0 Å². The van der Waals surface area contributed by atoms with Crippen molar-refractivity contribution < 1.29 is 10.2 Å². The van der Waals surface area contributed by atoms with Gasteiger partial charge in [0.1, 0.15) is 16.5 Å². The molecule has 0 fully saturated rings. The Balaban J connectivity index is 2.19. The summed E-state index contributed by atoms with van der Waals surface area (Å²) >= 11 is 1.44. The average molecular weight is 251 g/mol. The Morgan fingerprint density at radius 2 is 2.06 bits per heavy atom. The first-order valence-corrected chi connectivity index (χ1v) is 5.96. The molecule has 0 aliphatic heterocycles. The first kappa shape index (κ1) is 11.7. The molecule has 0 aliphatic rings. The van der Waals surface area contributed by atoms with Crippen LogP contribution in [0.3, 0.4) is 0 Å². The Morgan fingerprint density at radius 1 is 1.29 bits per heavy atom. The van der Waals surface area contributed by atoms with Crippen LogP contribution in [-0.4, -0.2) is 20.4 Å². The molecule has 6 heteroatoms. The van der Waals surface area contributed by atoms with Crippen LogP contribution in [-0.2, 0) is 0 Å². The number of phenols is 2. The Kier molecular flexibility index (Phi) is 3.14. The maximum Gasteiger partial charge on any atom is 0.206 e. The maximum absolute atomic E-state index is 9.70. The Hall–Kier alpha value is -1.82. The number of aryl methyl sites for hydroxylation is 1. The molecule has 1 unspecified atom stereocenters. The molecule has 0 amide bonds. The highest BCUT2D eigenvalue weighted by Gasteiger charge is 2.12. The molecular formula is C11H13N3O2S. The smallest absolute Gasteiger partial charge is 0.206 e. The number of hydrogen-bond donors (Lipinski definition) is 3. The van der Waals surface area contributed by atoms with Crippen molar-refractivity contribution in [1.29, 1.82) is 0 Å². The number of nitrogens with one attached hydrogen (secondary N) is 1. The van der Waals surface area contributed by atoms with Crippen molar-refractivity contribution in [3.63, 3.8) is 0 Å². The monoisotopic (exact) mass is 251 g/mol. The Bertz CT molecular complexity index is 527. The molecule has 2 aromatic rings. The van der Waals surface area contributed by atoms with Crippen molar-refractivity contribution >= 4 is 16.5 Å². The van der Waals surface area contributed by atoms with E-state index < -0.39 is 0 Å². The highest BCUT2D eigenvalue weighted by atomic mass is 32.1. The predicted octanol–water partition coefficient (Wildman–Crippen LogP) is 2.43. The number of aromatic nitrogens is 2. The van der Waals surface area contributed by atoms with E-state index in [1.54, 1.807) is 0 Å². The van der Waals surface area contributed by atoms with Crippen molar-refractivity contribution in [1.82, 2.24) is 10.2 Å². The number of aromatic hydroxyl groups is 2. The zero-order chi connectivity index (χ0) is 12.4. The van der Waals surface area contributed by atoms with Crippen molar-refractivity contribution in [3.8, 4) is 11.5 Å². The van der Waals surface area contributed by atoms with Crippen LogP contribution in [0, 0.1) is 6.92 Å². The fraction of sp³-hybridized carbons (Fsp3) is 0.273. The van der Waals surface area contributed by atoms with Crippen LogP contribution in [0.4, 0.5) is 5.13 Å². The molecule has 0 spiro atoms. The predicted molar refractivity (Wildman–Crippen MR) is 66.5 cm³/mol. The molecule has 0 radical (unpaired) electrons. The number of nitrogens with zero attached hydrogens (tertiary/aromatic N) is 2. The summed E-state index contributed by atoms with van der Waals surface area (Å²) in [5.41, 5.74) is 0.623. The third kappa shape index (κ3) is 2.65. The van der Waals surface area contributed by atoms with Crippen LogP contribution in [0.5, 0.6) is 11.5 Å². The first-order chi connectivity index (χ1) is 8.06. The number of anilines is 1. The molecular weight excluding hydrogens is 238 g/mol. The highest BCUT2D eigenvalue weighted by molar-refractivity contribution is 7.15. The minimum atomic E-state index is -0.158. The fourth-order valence-electron chi connectivity index (χ4n) is 1.51. The van der Waals surface area contributed by atoms with Crippen LogP contribution in [0.15, 0.2) is 18.2 Å². The van der Waals surface area contributed by atoms with Gasteiger partial charge in [-0.1, -0.05) is 11.3 Å².